The normalized spacial score (nSPS) is 16.8. The topological polar surface area (TPSA) is 57.7 Å². The number of carbonyl (C=O) groups excluding carboxylic acids is 1. The van der Waals surface area contributed by atoms with Gasteiger partial charge in [-0.2, -0.15) is 0 Å². The SMILES string of the molecule is CCCC(=O)N1CCCN(S(=O)(=O)CCCc2ccccc2)CC1. The summed E-state index contributed by atoms with van der Waals surface area (Å²) in [6.07, 6.45) is 3.49. The quantitative estimate of drug-likeness (QED) is 0.756. The Morgan fingerprint density at radius 2 is 1.83 bits per heavy atom. The van der Waals surface area contributed by atoms with Crippen molar-refractivity contribution in [2.24, 2.45) is 0 Å². The van der Waals surface area contributed by atoms with Gasteiger partial charge in [0.2, 0.25) is 15.9 Å². The van der Waals surface area contributed by atoms with Crippen LogP contribution in [0.2, 0.25) is 0 Å². The van der Waals surface area contributed by atoms with Crippen LogP contribution in [0.5, 0.6) is 0 Å². The monoisotopic (exact) mass is 352 g/mol. The summed E-state index contributed by atoms with van der Waals surface area (Å²) in [5.74, 6) is 0.311. The Morgan fingerprint density at radius 1 is 1.08 bits per heavy atom. The molecule has 1 aromatic rings. The second-order valence-corrected chi connectivity index (χ2v) is 8.38. The third kappa shape index (κ3) is 5.60. The molecule has 1 heterocycles. The molecule has 0 bridgehead atoms. The first kappa shape index (κ1) is 18.9. The number of benzene rings is 1. The summed E-state index contributed by atoms with van der Waals surface area (Å²) in [6.45, 7) is 4.09. The fourth-order valence-corrected chi connectivity index (χ4v) is 4.56. The summed E-state index contributed by atoms with van der Waals surface area (Å²) >= 11 is 0. The van der Waals surface area contributed by atoms with Gasteiger partial charge in [0.1, 0.15) is 0 Å². The molecular formula is C18H28N2O3S. The summed E-state index contributed by atoms with van der Waals surface area (Å²) in [6, 6.07) is 9.95. The van der Waals surface area contributed by atoms with Crippen LogP contribution in [-0.4, -0.2) is 55.5 Å². The molecule has 1 aromatic carbocycles. The molecule has 0 N–H and O–H groups in total. The van der Waals surface area contributed by atoms with Gasteiger partial charge in [-0.3, -0.25) is 4.79 Å². The van der Waals surface area contributed by atoms with Crippen LogP contribution in [0.25, 0.3) is 0 Å². The number of nitrogens with zero attached hydrogens (tertiary/aromatic N) is 2. The van der Waals surface area contributed by atoms with Gasteiger partial charge < -0.3 is 4.90 Å². The molecule has 0 aromatic heterocycles. The minimum absolute atomic E-state index is 0.140. The smallest absolute Gasteiger partial charge is 0.222 e. The van der Waals surface area contributed by atoms with Crippen molar-refractivity contribution < 1.29 is 13.2 Å². The van der Waals surface area contributed by atoms with Gasteiger partial charge in [0.05, 0.1) is 5.75 Å². The van der Waals surface area contributed by atoms with Crippen molar-refractivity contribution >= 4 is 15.9 Å². The number of carbonyl (C=O) groups is 1. The Hall–Kier alpha value is -1.40. The highest BCUT2D eigenvalue weighted by atomic mass is 32.2. The lowest BCUT2D eigenvalue weighted by Crippen LogP contribution is -2.38. The van der Waals surface area contributed by atoms with Gasteiger partial charge in [-0.05, 0) is 31.2 Å². The summed E-state index contributed by atoms with van der Waals surface area (Å²) in [4.78, 5) is 13.8. The van der Waals surface area contributed by atoms with E-state index in [1.807, 2.05) is 42.2 Å². The highest BCUT2D eigenvalue weighted by Gasteiger charge is 2.26. The zero-order chi connectivity index (χ0) is 17.4. The Balaban J connectivity index is 1.84. The van der Waals surface area contributed by atoms with Crippen LogP contribution in [0.1, 0.15) is 38.2 Å². The van der Waals surface area contributed by atoms with Gasteiger partial charge in [-0.15, -0.1) is 0 Å². The van der Waals surface area contributed by atoms with E-state index in [0.717, 1.165) is 12.8 Å². The van der Waals surface area contributed by atoms with Gasteiger partial charge in [0.25, 0.3) is 0 Å². The lowest BCUT2D eigenvalue weighted by Gasteiger charge is -2.22. The van der Waals surface area contributed by atoms with E-state index >= 15 is 0 Å². The molecule has 2 rings (SSSR count). The van der Waals surface area contributed by atoms with E-state index in [9.17, 15) is 13.2 Å². The first-order valence-corrected chi connectivity index (χ1v) is 10.4. The van der Waals surface area contributed by atoms with Crippen LogP contribution >= 0.6 is 0 Å². The Bertz CT molecular complexity index is 616. The molecule has 6 heteroatoms. The first-order valence-electron chi connectivity index (χ1n) is 8.82. The van der Waals surface area contributed by atoms with Gasteiger partial charge in [0, 0.05) is 32.6 Å². The predicted molar refractivity (Wildman–Crippen MR) is 96.2 cm³/mol. The summed E-state index contributed by atoms with van der Waals surface area (Å²) in [5, 5.41) is 0. The van der Waals surface area contributed by atoms with Gasteiger partial charge in [-0.1, -0.05) is 37.3 Å². The highest BCUT2D eigenvalue weighted by molar-refractivity contribution is 7.89. The lowest BCUT2D eigenvalue weighted by molar-refractivity contribution is -0.131. The third-order valence-electron chi connectivity index (χ3n) is 4.38. The Labute approximate surface area is 145 Å². The van der Waals surface area contributed by atoms with Crippen LogP contribution in [0.15, 0.2) is 30.3 Å². The summed E-state index contributed by atoms with van der Waals surface area (Å²) in [5.41, 5.74) is 1.17. The zero-order valence-electron chi connectivity index (χ0n) is 14.5. The maximum Gasteiger partial charge on any atom is 0.222 e. The maximum atomic E-state index is 12.6. The maximum absolute atomic E-state index is 12.6. The average molecular weight is 353 g/mol. The number of aryl methyl sites for hydroxylation is 1. The molecule has 1 amide bonds. The van der Waals surface area contributed by atoms with Gasteiger partial charge in [0.15, 0.2) is 0 Å². The standard InChI is InChI=1S/C18H28N2O3S/c1-2-8-18(21)19-12-7-13-20(15-14-19)24(22,23)16-6-11-17-9-4-3-5-10-17/h3-5,9-10H,2,6-8,11-16H2,1H3. The van der Waals surface area contributed by atoms with E-state index in [1.54, 1.807) is 4.31 Å². The molecule has 0 unspecified atom stereocenters. The van der Waals surface area contributed by atoms with Crippen molar-refractivity contribution in [3.8, 4) is 0 Å². The van der Waals surface area contributed by atoms with E-state index in [2.05, 4.69) is 0 Å². The van der Waals surface area contributed by atoms with Crippen molar-refractivity contribution in [3.63, 3.8) is 0 Å². The van der Waals surface area contributed by atoms with Gasteiger partial charge in [-0.25, -0.2) is 12.7 Å². The molecule has 24 heavy (non-hydrogen) atoms. The van der Waals surface area contributed by atoms with Gasteiger partial charge >= 0.3 is 0 Å². The third-order valence-corrected chi connectivity index (χ3v) is 6.33. The van der Waals surface area contributed by atoms with E-state index < -0.39 is 10.0 Å². The van der Waals surface area contributed by atoms with E-state index in [-0.39, 0.29) is 11.7 Å². The molecule has 0 atom stereocenters. The largest absolute Gasteiger partial charge is 0.341 e. The molecule has 1 aliphatic heterocycles. The highest BCUT2D eigenvalue weighted by Crippen LogP contribution is 2.12. The van der Waals surface area contributed by atoms with Crippen LogP contribution in [0, 0.1) is 0 Å². The second-order valence-electron chi connectivity index (χ2n) is 6.29. The number of hydrogen-bond acceptors (Lipinski definition) is 3. The number of hydrogen-bond donors (Lipinski definition) is 0. The minimum atomic E-state index is -3.24. The molecular weight excluding hydrogens is 324 g/mol. The fraction of sp³-hybridized carbons (Fsp3) is 0.611. The number of rotatable bonds is 7. The Kier molecular flexibility index (Phi) is 7.24. The number of sulfonamides is 1. The number of amides is 1. The summed E-state index contributed by atoms with van der Waals surface area (Å²) < 4.78 is 26.7. The molecule has 134 valence electrons. The van der Waals surface area contributed by atoms with Crippen LogP contribution in [-0.2, 0) is 21.2 Å². The van der Waals surface area contributed by atoms with Crippen molar-refractivity contribution in [2.75, 3.05) is 31.9 Å². The van der Waals surface area contributed by atoms with Crippen LogP contribution < -0.4 is 0 Å². The Morgan fingerprint density at radius 3 is 2.54 bits per heavy atom. The zero-order valence-corrected chi connectivity index (χ0v) is 15.3. The molecule has 0 aliphatic carbocycles. The molecule has 0 radical (unpaired) electrons. The van der Waals surface area contributed by atoms with Crippen molar-refractivity contribution in [1.82, 2.24) is 9.21 Å². The van der Waals surface area contributed by atoms with Crippen molar-refractivity contribution in [1.29, 1.82) is 0 Å². The second kappa shape index (κ2) is 9.18. The van der Waals surface area contributed by atoms with E-state index in [1.165, 1.54) is 5.56 Å². The van der Waals surface area contributed by atoms with Crippen LogP contribution in [0.4, 0.5) is 0 Å². The molecule has 1 aliphatic rings. The van der Waals surface area contributed by atoms with Crippen LogP contribution in [0.3, 0.4) is 0 Å². The molecule has 0 spiro atoms. The molecule has 1 saturated heterocycles. The van der Waals surface area contributed by atoms with E-state index in [4.69, 9.17) is 0 Å². The molecule has 0 saturated carbocycles. The fourth-order valence-electron chi connectivity index (χ4n) is 3.03. The van der Waals surface area contributed by atoms with E-state index in [0.29, 0.717) is 45.4 Å². The average Bonchev–Trinajstić information content (AvgIpc) is 2.82. The predicted octanol–water partition coefficient (Wildman–Crippen LogP) is 2.28. The minimum Gasteiger partial charge on any atom is -0.341 e. The van der Waals surface area contributed by atoms with Crippen molar-refractivity contribution in [2.45, 2.75) is 39.0 Å². The first-order chi connectivity index (χ1) is 11.5. The molecule has 5 nitrogen and oxygen atoms in total. The molecule has 1 fully saturated rings. The summed E-state index contributed by atoms with van der Waals surface area (Å²) in [7, 11) is -3.24. The lowest BCUT2D eigenvalue weighted by atomic mass is 10.1. The van der Waals surface area contributed by atoms with Crippen molar-refractivity contribution in [3.05, 3.63) is 35.9 Å².